The van der Waals surface area contributed by atoms with Crippen molar-refractivity contribution in [1.29, 1.82) is 0 Å². The number of amides is 1. The van der Waals surface area contributed by atoms with E-state index in [0.717, 1.165) is 10.1 Å². The summed E-state index contributed by atoms with van der Waals surface area (Å²) in [5.74, 6) is 5.06. The number of thiol groups is 1. The molecule has 0 saturated heterocycles. The molecule has 0 radical (unpaired) electrons. The predicted molar refractivity (Wildman–Crippen MR) is 85.1 cm³/mol. The summed E-state index contributed by atoms with van der Waals surface area (Å²) in [5, 5.41) is 18.9. The molecule has 14 heteroatoms. The van der Waals surface area contributed by atoms with Crippen molar-refractivity contribution in [3.63, 3.8) is 0 Å². The second-order valence-electron chi connectivity index (χ2n) is 4.08. The van der Waals surface area contributed by atoms with Gasteiger partial charge < -0.3 is 18.5 Å². The van der Waals surface area contributed by atoms with Gasteiger partial charge >= 0.3 is 0 Å². The minimum absolute atomic E-state index is 0.0694. The molecule has 2 aromatic rings. The lowest BCUT2D eigenvalue weighted by Gasteiger charge is -2.21. The van der Waals surface area contributed by atoms with Crippen molar-refractivity contribution in [2.45, 2.75) is 5.16 Å². The van der Waals surface area contributed by atoms with Gasteiger partial charge in [0.05, 0.1) is 11.4 Å². The van der Waals surface area contributed by atoms with Gasteiger partial charge in [-0.25, -0.2) is 9.52 Å². The fourth-order valence-corrected chi connectivity index (χ4v) is 1.89. The number of carbonyl (C=O) groups excluding carboxylic acids is 1. The summed E-state index contributed by atoms with van der Waals surface area (Å²) >= 11 is 8.55. The number of nitrogens with two attached hydrogens (primary N) is 1. The summed E-state index contributed by atoms with van der Waals surface area (Å²) in [7, 11) is 0. The van der Waals surface area contributed by atoms with Gasteiger partial charge in [-0.2, -0.15) is 0 Å². The maximum absolute atomic E-state index is 10.8. The molecule has 0 bridgehead atoms. The Labute approximate surface area is 147 Å². The van der Waals surface area contributed by atoms with Crippen LogP contribution in [0.4, 0.5) is 5.69 Å². The number of anilines is 1. The maximum Gasteiger partial charge on any atom is 0.213 e. The number of rotatable bonds is 9. The van der Waals surface area contributed by atoms with Crippen molar-refractivity contribution in [3.05, 3.63) is 24.3 Å². The van der Waals surface area contributed by atoms with Crippen molar-refractivity contribution in [1.82, 2.24) is 25.1 Å². The molecule has 2 rings (SSSR count). The van der Waals surface area contributed by atoms with Crippen LogP contribution in [0.15, 0.2) is 39.9 Å². The molecule has 0 aliphatic heterocycles. The van der Waals surface area contributed by atoms with Gasteiger partial charge in [0.25, 0.3) is 0 Å². The molecule has 2 N–H and O–H groups in total. The summed E-state index contributed by atoms with van der Waals surface area (Å²) < 4.78 is 5.92. The Hall–Kier alpha value is -2.55. The smallest absolute Gasteiger partial charge is 0.213 e. The van der Waals surface area contributed by atoms with Gasteiger partial charge in [-0.05, 0) is 52.8 Å². The first kappa shape index (κ1) is 17.8. The van der Waals surface area contributed by atoms with Gasteiger partial charge in [0.15, 0.2) is 6.73 Å². The molecule has 1 amide bonds. The third-order valence-electron chi connectivity index (χ3n) is 2.61. The maximum atomic E-state index is 10.8. The average molecular weight is 370 g/mol. The Kier molecular flexibility index (Phi) is 6.62. The molecule has 12 nitrogen and oxygen atoms in total. The van der Waals surface area contributed by atoms with Crippen molar-refractivity contribution in [2.75, 3.05) is 18.6 Å². The minimum atomic E-state index is -0.159. The highest BCUT2D eigenvalue weighted by Crippen LogP contribution is 2.18. The molecule has 1 heterocycles. The summed E-state index contributed by atoms with van der Waals surface area (Å²) in [6, 6.07) is 6.69. The van der Waals surface area contributed by atoms with Gasteiger partial charge in [-0.1, -0.05) is 5.22 Å². The number of benzene rings is 1. The second-order valence-corrected chi connectivity index (χ2v) is 4.70. The average Bonchev–Trinajstić information content (AvgIpc) is 3.03. The lowest BCUT2D eigenvalue weighted by Crippen LogP contribution is -2.31. The number of hydrogen-bond acceptors (Lipinski definition) is 10. The van der Waals surface area contributed by atoms with Crippen LogP contribution in [0.1, 0.15) is 0 Å². The van der Waals surface area contributed by atoms with Crippen LogP contribution in [-0.4, -0.2) is 45.0 Å². The molecular weight excluding hydrogens is 358 g/mol. The normalized spacial score (nSPS) is 10.9. The zero-order valence-electron chi connectivity index (χ0n) is 12.0. The third kappa shape index (κ3) is 4.48. The van der Waals surface area contributed by atoms with Crippen LogP contribution in [0.3, 0.4) is 0 Å². The van der Waals surface area contributed by atoms with Gasteiger partial charge in [-0.15, -0.1) is 10.3 Å². The van der Waals surface area contributed by atoms with Crippen molar-refractivity contribution in [2.24, 2.45) is 16.3 Å². The second kappa shape index (κ2) is 8.92. The molecule has 1 aromatic heterocycles. The molecule has 1 aromatic carbocycles. The molecule has 0 aliphatic carbocycles. The van der Waals surface area contributed by atoms with E-state index in [-0.39, 0.29) is 18.6 Å². The molecule has 0 unspecified atom stereocenters. The summed E-state index contributed by atoms with van der Waals surface area (Å²) in [5.41, 5.74) is 1.14. The number of nitrogens with zero attached hydrogens (tertiary/aromatic N) is 8. The molecule has 0 spiro atoms. The lowest BCUT2D eigenvalue weighted by molar-refractivity contribution is -0.127. The monoisotopic (exact) mass is 370 g/mol. The quantitative estimate of drug-likeness (QED) is 0.0897. The third-order valence-corrected chi connectivity index (χ3v) is 2.98. The van der Waals surface area contributed by atoms with Crippen molar-refractivity contribution in [3.8, 4) is 5.69 Å². The van der Waals surface area contributed by atoms with Crippen LogP contribution in [-0.2, 0) is 26.4 Å². The van der Waals surface area contributed by atoms with Gasteiger partial charge in [0.2, 0.25) is 6.41 Å². The van der Waals surface area contributed by atoms with Crippen LogP contribution in [0, 0.1) is 0 Å². The van der Waals surface area contributed by atoms with Crippen LogP contribution < -0.4 is 11.0 Å². The summed E-state index contributed by atoms with van der Waals surface area (Å²) in [6.07, 6.45) is 0.528. The minimum Gasteiger partial charge on any atom is -0.738 e. The van der Waals surface area contributed by atoms with E-state index >= 15 is 0 Å². The topological polar surface area (TPSA) is 136 Å². The highest BCUT2D eigenvalue weighted by Gasteiger charge is 2.10. The van der Waals surface area contributed by atoms with Crippen molar-refractivity contribution < 1.29 is 13.8 Å². The molecular formula is C10H12N9O3S2-. The number of hydrogen-bond donors (Lipinski definition) is 2. The fraction of sp³-hybridized carbons (Fsp3) is 0.200. The Bertz CT molecular complexity index is 680. The summed E-state index contributed by atoms with van der Waals surface area (Å²) in [6.45, 7) is -0.228. The number of carbonyl (C=O) groups is 1. The zero-order chi connectivity index (χ0) is 17.4. The highest BCUT2D eigenvalue weighted by molar-refractivity contribution is 7.75. The molecule has 128 valence electrons. The van der Waals surface area contributed by atoms with Crippen LogP contribution in [0.2, 0.25) is 0 Å². The fourth-order valence-electron chi connectivity index (χ4n) is 1.56. The van der Waals surface area contributed by atoms with Crippen molar-refractivity contribution >= 4 is 37.6 Å². The molecule has 0 saturated carbocycles. The van der Waals surface area contributed by atoms with Gasteiger partial charge in [0, 0.05) is 5.16 Å². The Morgan fingerprint density at radius 1 is 1.38 bits per heavy atom. The van der Waals surface area contributed by atoms with Crippen LogP contribution in [0.25, 0.3) is 5.69 Å². The van der Waals surface area contributed by atoms with E-state index in [2.05, 4.69) is 43.1 Å². The SMILES string of the molecule is N/N=N/N(OCN(C=O)COS)c1ccc(-n2nnnc2[S-])cc1. The van der Waals surface area contributed by atoms with Crippen LogP contribution in [0.5, 0.6) is 0 Å². The van der Waals surface area contributed by atoms with E-state index in [1.807, 2.05) is 0 Å². The Morgan fingerprint density at radius 2 is 2.12 bits per heavy atom. The standard InChI is InChI=1S/C10H13N9O3S2/c11-13-15-19(21-6-17(5-20)7-22-24)9-3-1-8(2-4-9)18-10(23)12-14-16-18/h1-5,24H,6-7H2,(H2,11,15)(H,12,16,23)/p-1. The number of aromatic nitrogens is 4. The van der Waals surface area contributed by atoms with Gasteiger partial charge in [0.1, 0.15) is 6.73 Å². The summed E-state index contributed by atoms with van der Waals surface area (Å²) in [4.78, 5) is 17.3. The molecule has 0 atom stereocenters. The number of tetrazole rings is 1. The molecule has 0 aliphatic rings. The first-order chi connectivity index (χ1) is 11.7. The predicted octanol–water partition coefficient (Wildman–Crippen LogP) is -0.218. The Morgan fingerprint density at radius 3 is 2.67 bits per heavy atom. The zero-order valence-corrected chi connectivity index (χ0v) is 13.7. The Balaban J connectivity index is 2.10. The lowest BCUT2D eigenvalue weighted by atomic mass is 10.3. The first-order valence-corrected chi connectivity index (χ1v) is 7.02. The van der Waals surface area contributed by atoms with E-state index in [1.54, 1.807) is 24.3 Å². The van der Waals surface area contributed by atoms with E-state index < -0.39 is 0 Å². The van der Waals surface area contributed by atoms with E-state index in [1.165, 1.54) is 4.68 Å². The van der Waals surface area contributed by atoms with Gasteiger partial charge in [-0.3, -0.25) is 13.9 Å². The first-order valence-electron chi connectivity index (χ1n) is 6.25. The molecule has 0 fully saturated rings. The van der Waals surface area contributed by atoms with Crippen LogP contribution >= 0.6 is 12.9 Å². The van der Waals surface area contributed by atoms with E-state index in [9.17, 15) is 4.79 Å². The molecule has 24 heavy (non-hydrogen) atoms. The van der Waals surface area contributed by atoms with E-state index in [0.29, 0.717) is 17.8 Å². The van der Waals surface area contributed by atoms with E-state index in [4.69, 9.17) is 23.3 Å². The highest BCUT2D eigenvalue weighted by atomic mass is 32.1. The largest absolute Gasteiger partial charge is 0.738 e.